The van der Waals surface area contributed by atoms with Gasteiger partial charge in [-0.15, -0.1) is 0 Å². The van der Waals surface area contributed by atoms with E-state index < -0.39 is 0 Å². The molecule has 0 N–H and O–H groups in total. The molecule has 0 bridgehead atoms. The predicted octanol–water partition coefficient (Wildman–Crippen LogP) is 29.8. The minimum absolute atomic E-state index is 0.876. The molecular formula is C108H66N4O3. The Hall–Kier alpha value is -15.4. The van der Waals surface area contributed by atoms with Crippen molar-refractivity contribution in [2.75, 3.05) is 0 Å². The molecule has 0 radical (unpaired) electrons. The summed E-state index contributed by atoms with van der Waals surface area (Å²) >= 11 is 0. The lowest BCUT2D eigenvalue weighted by molar-refractivity contribution is 0.668. The summed E-state index contributed by atoms with van der Waals surface area (Å²) in [7, 11) is 0. The van der Waals surface area contributed by atoms with Crippen molar-refractivity contribution >= 4 is 153 Å². The largest absolute Gasteiger partial charge is 0.456 e. The van der Waals surface area contributed by atoms with Crippen molar-refractivity contribution in [1.82, 2.24) is 18.3 Å². The van der Waals surface area contributed by atoms with Crippen molar-refractivity contribution in [2.45, 2.75) is 0 Å². The molecular weight excluding hydrogens is 1400 g/mol. The molecule has 25 rings (SSSR count). The molecule has 25 aromatic rings. The molecule has 0 fully saturated rings. The lowest BCUT2D eigenvalue weighted by atomic mass is 9.98. The Morgan fingerprint density at radius 2 is 0.278 bits per heavy atom. The highest BCUT2D eigenvalue weighted by atomic mass is 16.3. The Balaban J connectivity index is 0.000000136. The highest BCUT2D eigenvalue weighted by Gasteiger charge is 2.22. The smallest absolute Gasteiger partial charge is 0.135 e. The fraction of sp³-hybridized carbons (Fsp3) is 0. The zero-order valence-corrected chi connectivity index (χ0v) is 62.1. The molecule has 7 nitrogen and oxygen atoms in total. The fourth-order valence-electron chi connectivity index (χ4n) is 18.4. The molecule has 536 valence electrons. The quantitative estimate of drug-likeness (QED) is 0.145. The summed E-state index contributed by atoms with van der Waals surface area (Å²) in [5.41, 5.74) is 31.2. The Morgan fingerprint density at radius 3 is 0.478 bits per heavy atom. The van der Waals surface area contributed by atoms with Crippen LogP contribution in [0.5, 0.6) is 0 Å². The lowest BCUT2D eigenvalue weighted by Crippen LogP contribution is -1.92. The molecule has 0 atom stereocenters. The lowest BCUT2D eigenvalue weighted by Gasteiger charge is -2.08. The van der Waals surface area contributed by atoms with Crippen molar-refractivity contribution in [2.24, 2.45) is 0 Å². The van der Waals surface area contributed by atoms with E-state index in [-0.39, 0.29) is 0 Å². The molecule has 0 amide bonds. The van der Waals surface area contributed by atoms with Crippen LogP contribution in [0.4, 0.5) is 0 Å². The summed E-state index contributed by atoms with van der Waals surface area (Å²) in [6.07, 6.45) is 0. The van der Waals surface area contributed by atoms with Gasteiger partial charge in [-0.1, -0.05) is 206 Å². The molecule has 0 unspecified atom stereocenters. The summed E-state index contributed by atoms with van der Waals surface area (Å²) in [6, 6.07) is 144. The van der Waals surface area contributed by atoms with Gasteiger partial charge < -0.3 is 31.5 Å². The molecule has 0 aliphatic rings. The zero-order chi connectivity index (χ0) is 75.3. The third-order valence-electron chi connectivity index (χ3n) is 23.8. The van der Waals surface area contributed by atoms with E-state index >= 15 is 0 Å². The van der Waals surface area contributed by atoms with Crippen LogP contribution >= 0.6 is 0 Å². The number of hydrogen-bond acceptors (Lipinski definition) is 3. The Labute approximate surface area is 659 Å². The number of furan rings is 3. The van der Waals surface area contributed by atoms with Gasteiger partial charge in [-0.2, -0.15) is 0 Å². The fourth-order valence-corrected chi connectivity index (χ4v) is 18.4. The highest BCUT2D eigenvalue weighted by molar-refractivity contribution is 6.17. The molecule has 0 aliphatic carbocycles. The molecule has 18 aromatic carbocycles. The van der Waals surface area contributed by atoms with Crippen LogP contribution in [-0.2, 0) is 0 Å². The average molecular weight is 1470 g/mol. The topological polar surface area (TPSA) is 59.1 Å². The number of nitrogens with zero attached hydrogens (tertiary/aromatic N) is 4. The number of benzene rings is 18. The van der Waals surface area contributed by atoms with Crippen LogP contribution in [0, 0.1) is 0 Å². The number of para-hydroxylation sites is 8. The summed E-state index contributed by atoms with van der Waals surface area (Å²) in [4.78, 5) is 0. The van der Waals surface area contributed by atoms with Crippen LogP contribution in [0.2, 0.25) is 0 Å². The van der Waals surface area contributed by atoms with Gasteiger partial charge in [0, 0.05) is 98.2 Å². The first-order valence-electron chi connectivity index (χ1n) is 39.2. The van der Waals surface area contributed by atoms with Gasteiger partial charge in [-0.25, -0.2) is 0 Å². The first-order valence-corrected chi connectivity index (χ1v) is 39.2. The number of aromatic nitrogens is 4. The minimum Gasteiger partial charge on any atom is -0.456 e. The summed E-state index contributed by atoms with van der Waals surface area (Å²) < 4.78 is 28.7. The van der Waals surface area contributed by atoms with Gasteiger partial charge in [-0.3, -0.25) is 0 Å². The van der Waals surface area contributed by atoms with Crippen LogP contribution in [0.25, 0.3) is 231 Å². The van der Waals surface area contributed by atoms with E-state index in [1.807, 2.05) is 0 Å². The van der Waals surface area contributed by atoms with Crippen LogP contribution in [0.15, 0.2) is 414 Å². The van der Waals surface area contributed by atoms with Gasteiger partial charge in [0.1, 0.15) is 33.5 Å². The summed E-state index contributed by atoms with van der Waals surface area (Å²) in [6.45, 7) is 0. The molecule has 115 heavy (non-hydrogen) atoms. The monoisotopic (exact) mass is 1470 g/mol. The molecule has 7 aromatic heterocycles. The van der Waals surface area contributed by atoms with Crippen molar-refractivity contribution in [3.63, 3.8) is 0 Å². The van der Waals surface area contributed by atoms with E-state index in [1.54, 1.807) is 0 Å². The van der Waals surface area contributed by atoms with E-state index in [1.165, 1.54) is 132 Å². The van der Waals surface area contributed by atoms with Gasteiger partial charge >= 0.3 is 0 Å². The molecule has 0 aliphatic heterocycles. The number of rotatable bonds is 9. The van der Waals surface area contributed by atoms with Crippen LogP contribution in [0.1, 0.15) is 0 Å². The van der Waals surface area contributed by atoms with E-state index in [0.29, 0.717) is 0 Å². The van der Waals surface area contributed by atoms with Gasteiger partial charge in [0.05, 0.1) is 44.1 Å². The normalized spacial score (nSPS) is 12.0. The second-order valence-corrected chi connectivity index (χ2v) is 30.3. The van der Waals surface area contributed by atoms with Gasteiger partial charge in [-0.05, 0) is 250 Å². The van der Waals surface area contributed by atoms with Crippen LogP contribution in [-0.4, -0.2) is 18.3 Å². The Morgan fingerprint density at radius 1 is 0.122 bits per heavy atom. The van der Waals surface area contributed by atoms with Crippen LogP contribution < -0.4 is 0 Å². The third-order valence-corrected chi connectivity index (χ3v) is 23.8. The van der Waals surface area contributed by atoms with Crippen LogP contribution in [0.3, 0.4) is 0 Å². The maximum absolute atomic E-state index is 6.44. The Bertz CT molecular complexity index is 7790. The maximum Gasteiger partial charge on any atom is 0.135 e. The third kappa shape index (κ3) is 10.3. The molecule has 7 heteroatoms. The van der Waals surface area contributed by atoms with Gasteiger partial charge in [0.15, 0.2) is 0 Å². The van der Waals surface area contributed by atoms with Gasteiger partial charge in [0.2, 0.25) is 0 Å². The minimum atomic E-state index is 0.876. The first-order chi connectivity index (χ1) is 57.0. The van der Waals surface area contributed by atoms with Crippen molar-refractivity contribution < 1.29 is 13.3 Å². The number of hydrogen-bond donors (Lipinski definition) is 0. The molecule has 0 saturated heterocycles. The highest BCUT2D eigenvalue weighted by Crippen LogP contribution is 2.45. The van der Waals surface area contributed by atoms with Crippen molar-refractivity contribution in [3.05, 3.63) is 400 Å². The molecule has 7 heterocycles. The van der Waals surface area contributed by atoms with E-state index in [4.69, 9.17) is 13.3 Å². The Kier molecular flexibility index (Phi) is 14.3. The van der Waals surface area contributed by atoms with Gasteiger partial charge in [0.25, 0.3) is 0 Å². The van der Waals surface area contributed by atoms with Crippen molar-refractivity contribution in [3.8, 4) is 78.4 Å². The predicted molar refractivity (Wildman–Crippen MR) is 479 cm³/mol. The SMILES string of the molecule is c1ccc(-n2c3ccccc3c3cc(-c4ccc5oc6ccc(-c7ccc8c(c7)c7ccccc7n8-c7ccccc7)cc6c5c4)ccc32)cc1.c1ccc(-n2c3ccccc3c3cc(-c4ccc5oc6ccc(-c7ccc8oc9ccc(-c%10ccc%11c(c%10)c%10ccccc%10n%11-c%10ccccc%10)cc9c8c7)cc6c5c4)ccc32)cc1. The average Bonchev–Trinajstić information content (AvgIpc) is 1.59. The zero-order valence-electron chi connectivity index (χ0n) is 62.1. The van der Waals surface area contributed by atoms with E-state index in [2.05, 4.69) is 419 Å². The summed E-state index contributed by atoms with van der Waals surface area (Å²) in [5.74, 6) is 0. The molecule has 0 spiro atoms. The number of fused-ring (bicyclic) bond motifs is 21. The second kappa shape index (κ2) is 25.6. The summed E-state index contributed by atoms with van der Waals surface area (Å²) in [5, 5.41) is 16.6. The second-order valence-electron chi connectivity index (χ2n) is 30.3. The van der Waals surface area contributed by atoms with E-state index in [9.17, 15) is 0 Å². The molecule has 0 saturated carbocycles. The maximum atomic E-state index is 6.44. The first kappa shape index (κ1) is 64.4. The standard InChI is InChI=1S/C60H36N2O2.C48H30N2O/c1-3-11-43(12-4-1)61-53-17-9-7-15-45(53)47-31-37(19-25-55(47)61)39-21-27-57-49(33-39)51-35-41(23-29-59(51)63-57)42-24-30-60-52(36-42)50-34-40(22-28-58(50)64-60)38-20-26-56-48(32-38)46-16-8-10-18-54(46)62(56)44-13-5-2-6-14-44;1-3-11-35(12-4-1)49-43-17-9-7-15-37(43)39-27-31(19-23-45(39)49)33-21-25-47-41(29-33)42-30-34(22-26-48(42)51-47)32-20-24-46-40(28-32)38-16-8-10-18-44(38)50(46)36-13-5-2-6-14-36/h1-36H;1-30H. The van der Waals surface area contributed by atoms with Crippen molar-refractivity contribution in [1.29, 1.82) is 0 Å². The van der Waals surface area contributed by atoms with E-state index in [0.717, 1.165) is 99.4 Å².